The summed E-state index contributed by atoms with van der Waals surface area (Å²) < 4.78 is 0. The lowest BCUT2D eigenvalue weighted by molar-refractivity contribution is -0.121. The van der Waals surface area contributed by atoms with E-state index in [4.69, 9.17) is 0 Å². The molecule has 0 aliphatic carbocycles. The number of amides is 1. The van der Waals surface area contributed by atoms with Gasteiger partial charge in [0, 0.05) is 30.3 Å². The van der Waals surface area contributed by atoms with E-state index in [2.05, 4.69) is 15.6 Å². The van der Waals surface area contributed by atoms with Gasteiger partial charge in [-0.15, -0.1) is 11.3 Å². The molecule has 1 aliphatic heterocycles. The molecule has 1 aliphatic rings. The highest BCUT2D eigenvalue weighted by atomic mass is 32.1. The van der Waals surface area contributed by atoms with Crippen LogP contribution in [0.25, 0.3) is 0 Å². The monoisotopic (exact) mass is 267 g/mol. The molecule has 0 saturated carbocycles. The van der Waals surface area contributed by atoms with Crippen LogP contribution in [0.5, 0.6) is 0 Å². The molecule has 2 N–H and O–H groups in total. The van der Waals surface area contributed by atoms with Crippen molar-refractivity contribution in [3.8, 4) is 0 Å². The number of aryl methyl sites for hydroxylation is 2. The Kier molecular flexibility index (Phi) is 4.72. The van der Waals surface area contributed by atoms with Gasteiger partial charge < -0.3 is 10.6 Å². The van der Waals surface area contributed by atoms with Crippen LogP contribution in [-0.2, 0) is 11.2 Å². The van der Waals surface area contributed by atoms with E-state index in [0.29, 0.717) is 19.0 Å². The molecule has 100 valence electrons. The Morgan fingerprint density at radius 2 is 2.39 bits per heavy atom. The van der Waals surface area contributed by atoms with Crippen molar-refractivity contribution < 1.29 is 4.79 Å². The number of thiazole rings is 1. The van der Waals surface area contributed by atoms with Crippen molar-refractivity contribution in [3.05, 3.63) is 15.6 Å². The fourth-order valence-corrected chi connectivity index (χ4v) is 3.28. The minimum absolute atomic E-state index is 0.160. The van der Waals surface area contributed by atoms with E-state index in [9.17, 15) is 4.79 Å². The Balaban J connectivity index is 1.68. The quantitative estimate of drug-likeness (QED) is 0.851. The maximum Gasteiger partial charge on any atom is 0.221 e. The van der Waals surface area contributed by atoms with E-state index >= 15 is 0 Å². The van der Waals surface area contributed by atoms with Gasteiger partial charge in [0.05, 0.1) is 10.7 Å². The maximum absolute atomic E-state index is 11.7. The number of nitrogens with one attached hydrogen (secondary N) is 2. The van der Waals surface area contributed by atoms with Gasteiger partial charge in [0.25, 0.3) is 0 Å². The Bertz CT molecular complexity index is 410. The molecule has 4 nitrogen and oxygen atoms in total. The average molecular weight is 267 g/mol. The summed E-state index contributed by atoms with van der Waals surface area (Å²) >= 11 is 1.72. The summed E-state index contributed by atoms with van der Waals surface area (Å²) in [6.07, 6.45) is 3.82. The van der Waals surface area contributed by atoms with Gasteiger partial charge in [-0.05, 0) is 33.2 Å². The first-order chi connectivity index (χ1) is 8.65. The highest BCUT2D eigenvalue weighted by Gasteiger charge is 2.17. The largest absolute Gasteiger partial charge is 0.356 e. The van der Waals surface area contributed by atoms with Crippen molar-refractivity contribution >= 4 is 17.2 Å². The predicted octanol–water partition coefficient (Wildman–Crippen LogP) is 1.56. The molecule has 1 saturated heterocycles. The normalized spacial score (nSPS) is 19.1. The van der Waals surface area contributed by atoms with Crippen LogP contribution >= 0.6 is 11.3 Å². The fourth-order valence-electron chi connectivity index (χ4n) is 2.35. The van der Waals surface area contributed by atoms with Crippen molar-refractivity contribution in [1.29, 1.82) is 0 Å². The van der Waals surface area contributed by atoms with Gasteiger partial charge in [-0.1, -0.05) is 0 Å². The van der Waals surface area contributed by atoms with E-state index in [-0.39, 0.29) is 5.91 Å². The summed E-state index contributed by atoms with van der Waals surface area (Å²) in [4.78, 5) is 17.4. The molecule has 5 heteroatoms. The van der Waals surface area contributed by atoms with Crippen LogP contribution in [0.2, 0.25) is 0 Å². The molecule has 1 aromatic rings. The number of hydrogen-bond donors (Lipinski definition) is 2. The van der Waals surface area contributed by atoms with Crippen LogP contribution in [0.3, 0.4) is 0 Å². The molecule has 18 heavy (non-hydrogen) atoms. The van der Waals surface area contributed by atoms with Gasteiger partial charge >= 0.3 is 0 Å². The van der Waals surface area contributed by atoms with Gasteiger partial charge in [0.15, 0.2) is 0 Å². The summed E-state index contributed by atoms with van der Waals surface area (Å²) in [7, 11) is 0. The molecule has 1 unspecified atom stereocenters. The number of carbonyl (C=O) groups excluding carboxylic acids is 1. The van der Waals surface area contributed by atoms with Crippen molar-refractivity contribution in [3.63, 3.8) is 0 Å². The zero-order chi connectivity index (χ0) is 13.0. The second-order valence-electron chi connectivity index (χ2n) is 4.84. The highest BCUT2D eigenvalue weighted by Crippen LogP contribution is 2.17. The van der Waals surface area contributed by atoms with E-state index in [1.807, 2.05) is 13.8 Å². The minimum atomic E-state index is 0.160. The standard InChI is InChI=1S/C13H21N3OS/c1-9-12(18-10(2)16-9)5-7-15-13(17)8-11-4-3-6-14-11/h11,14H,3-8H2,1-2H3,(H,15,17). The van der Waals surface area contributed by atoms with Crippen LogP contribution in [0.1, 0.15) is 34.8 Å². The van der Waals surface area contributed by atoms with E-state index in [1.54, 1.807) is 11.3 Å². The molecule has 0 spiro atoms. The third-order valence-electron chi connectivity index (χ3n) is 3.27. The van der Waals surface area contributed by atoms with E-state index in [0.717, 1.165) is 30.1 Å². The average Bonchev–Trinajstić information content (AvgIpc) is 2.89. The lowest BCUT2D eigenvalue weighted by Gasteiger charge is -2.10. The summed E-state index contributed by atoms with van der Waals surface area (Å²) in [6.45, 7) is 5.82. The molecule has 1 fully saturated rings. The van der Waals surface area contributed by atoms with Crippen LogP contribution in [0.4, 0.5) is 0 Å². The summed E-state index contributed by atoms with van der Waals surface area (Å²) in [5, 5.41) is 7.43. The minimum Gasteiger partial charge on any atom is -0.356 e. The first kappa shape index (κ1) is 13.5. The molecule has 1 atom stereocenters. The molecule has 1 amide bonds. The summed E-state index contributed by atoms with van der Waals surface area (Å²) in [6, 6.07) is 0.386. The molecule has 2 rings (SSSR count). The number of rotatable bonds is 5. The van der Waals surface area contributed by atoms with Crippen LogP contribution in [0, 0.1) is 13.8 Å². The lowest BCUT2D eigenvalue weighted by Crippen LogP contribution is -2.32. The van der Waals surface area contributed by atoms with Crippen LogP contribution in [0.15, 0.2) is 0 Å². The third kappa shape index (κ3) is 3.78. The second-order valence-corrected chi connectivity index (χ2v) is 6.13. The van der Waals surface area contributed by atoms with Gasteiger partial charge in [-0.2, -0.15) is 0 Å². The first-order valence-corrected chi connectivity index (χ1v) is 7.40. The van der Waals surface area contributed by atoms with Crippen molar-refractivity contribution in [1.82, 2.24) is 15.6 Å². The van der Waals surface area contributed by atoms with Gasteiger partial charge in [-0.25, -0.2) is 4.98 Å². The topological polar surface area (TPSA) is 54.0 Å². The second kappa shape index (κ2) is 6.29. The van der Waals surface area contributed by atoms with Crippen LogP contribution < -0.4 is 10.6 Å². The molecule has 2 heterocycles. The fraction of sp³-hybridized carbons (Fsp3) is 0.692. The third-order valence-corrected chi connectivity index (χ3v) is 4.40. The number of carbonyl (C=O) groups is 1. The molecule has 0 aromatic carbocycles. The predicted molar refractivity (Wildman–Crippen MR) is 73.9 cm³/mol. The Morgan fingerprint density at radius 1 is 1.56 bits per heavy atom. The Morgan fingerprint density at radius 3 is 3.00 bits per heavy atom. The van der Waals surface area contributed by atoms with Gasteiger partial charge in [0.1, 0.15) is 0 Å². The maximum atomic E-state index is 11.7. The number of aromatic nitrogens is 1. The van der Waals surface area contributed by atoms with E-state index in [1.165, 1.54) is 11.3 Å². The number of nitrogens with zero attached hydrogens (tertiary/aromatic N) is 1. The molecule has 0 radical (unpaired) electrons. The lowest BCUT2D eigenvalue weighted by atomic mass is 10.1. The zero-order valence-corrected chi connectivity index (χ0v) is 11.9. The van der Waals surface area contributed by atoms with Crippen molar-refractivity contribution in [2.45, 2.75) is 45.6 Å². The summed E-state index contributed by atoms with van der Waals surface area (Å²) in [5.74, 6) is 0.160. The first-order valence-electron chi connectivity index (χ1n) is 6.58. The zero-order valence-electron chi connectivity index (χ0n) is 11.1. The van der Waals surface area contributed by atoms with Gasteiger partial charge in [-0.3, -0.25) is 4.79 Å². The highest BCUT2D eigenvalue weighted by molar-refractivity contribution is 7.11. The van der Waals surface area contributed by atoms with Crippen LogP contribution in [-0.4, -0.2) is 30.0 Å². The van der Waals surface area contributed by atoms with E-state index < -0.39 is 0 Å². The van der Waals surface area contributed by atoms with Crippen molar-refractivity contribution in [2.24, 2.45) is 0 Å². The van der Waals surface area contributed by atoms with Gasteiger partial charge in [0.2, 0.25) is 5.91 Å². The molecular weight excluding hydrogens is 246 g/mol. The number of hydrogen-bond acceptors (Lipinski definition) is 4. The van der Waals surface area contributed by atoms with Crippen molar-refractivity contribution in [2.75, 3.05) is 13.1 Å². The molecule has 1 aromatic heterocycles. The summed E-state index contributed by atoms with van der Waals surface area (Å²) in [5.41, 5.74) is 1.10. The smallest absolute Gasteiger partial charge is 0.221 e. The molecule has 0 bridgehead atoms. The SMILES string of the molecule is Cc1nc(C)c(CCNC(=O)CC2CCCN2)s1. The Hall–Kier alpha value is -0.940. The Labute approximate surface area is 112 Å². The molecular formula is C13H21N3OS.